The number of hydrogen-bond donors (Lipinski definition) is 2. The summed E-state index contributed by atoms with van der Waals surface area (Å²) in [7, 11) is 0. The molecule has 0 bridgehead atoms. The topological polar surface area (TPSA) is 80.6 Å². The molecule has 6 nitrogen and oxygen atoms in total. The zero-order valence-electron chi connectivity index (χ0n) is 16.2. The van der Waals surface area contributed by atoms with Crippen molar-refractivity contribution in [3.05, 3.63) is 69.5 Å². The molecule has 0 aliphatic heterocycles. The summed E-state index contributed by atoms with van der Waals surface area (Å²) in [6.45, 7) is 3.14. The number of nitrogens with one attached hydrogen (secondary N) is 1. The largest absolute Gasteiger partial charge is 0.511 e. The molecule has 0 fully saturated rings. The maximum Gasteiger partial charge on any atom is 0.511 e. The number of anilines is 1. The van der Waals surface area contributed by atoms with Crippen LogP contribution in [0.1, 0.15) is 25.3 Å². The third-order valence-electron chi connectivity index (χ3n) is 4.72. The van der Waals surface area contributed by atoms with E-state index in [0.29, 0.717) is 34.7 Å². The first-order valence-electron chi connectivity index (χ1n) is 9.55. The molecule has 0 unspecified atom stereocenters. The highest BCUT2D eigenvalue weighted by Crippen LogP contribution is 2.28. The van der Waals surface area contributed by atoms with E-state index in [4.69, 9.17) is 16.7 Å². The monoisotopic (exact) mass is 414 g/mol. The molecule has 1 aromatic heterocycles. The van der Waals surface area contributed by atoms with E-state index < -0.39 is 11.6 Å². The number of aryl methyl sites for hydroxylation is 2. The molecule has 0 aliphatic rings. The van der Waals surface area contributed by atoms with Crippen LogP contribution in [0.25, 0.3) is 10.9 Å². The van der Waals surface area contributed by atoms with Gasteiger partial charge in [-0.3, -0.25) is 4.79 Å². The molecule has 7 heteroatoms. The highest BCUT2D eigenvalue weighted by atomic mass is 35.5. The van der Waals surface area contributed by atoms with Crippen LogP contribution >= 0.6 is 11.6 Å². The van der Waals surface area contributed by atoms with E-state index in [-0.39, 0.29) is 5.75 Å². The van der Waals surface area contributed by atoms with Gasteiger partial charge in [0.25, 0.3) is 0 Å². The Morgan fingerprint density at radius 2 is 1.97 bits per heavy atom. The van der Waals surface area contributed by atoms with Gasteiger partial charge in [0.2, 0.25) is 5.43 Å². The normalized spacial score (nSPS) is 10.8. The maximum atomic E-state index is 12.7. The summed E-state index contributed by atoms with van der Waals surface area (Å²) in [5.74, 6) is -0.219. The molecular formula is C22H23ClN2O4. The number of rotatable bonds is 8. The number of aromatic nitrogens is 1. The van der Waals surface area contributed by atoms with Gasteiger partial charge >= 0.3 is 6.16 Å². The Balaban J connectivity index is 1.76. The van der Waals surface area contributed by atoms with E-state index in [1.165, 1.54) is 11.8 Å². The lowest BCUT2D eigenvalue weighted by Gasteiger charge is -2.14. The second kappa shape index (κ2) is 9.47. The number of nitrogens with zero attached hydrogens (tertiary/aromatic N) is 1. The van der Waals surface area contributed by atoms with E-state index in [9.17, 15) is 9.59 Å². The molecule has 0 saturated carbocycles. The van der Waals surface area contributed by atoms with Crippen LogP contribution in [0, 0.1) is 0 Å². The van der Waals surface area contributed by atoms with Crippen molar-refractivity contribution in [2.75, 3.05) is 11.9 Å². The summed E-state index contributed by atoms with van der Waals surface area (Å²) in [6.07, 6.45) is 2.86. The van der Waals surface area contributed by atoms with Crippen molar-refractivity contribution in [3.63, 3.8) is 0 Å². The SMILES string of the molecule is CCn1cc(OC(=O)O)c(=O)c2cc(NCCCCc3ccccc3)c(Cl)cc21. The number of ether oxygens (including phenoxy) is 1. The fraction of sp³-hybridized carbons (Fsp3) is 0.273. The average Bonchev–Trinajstić information content (AvgIpc) is 2.71. The van der Waals surface area contributed by atoms with E-state index in [1.54, 1.807) is 16.7 Å². The number of halogens is 1. The molecule has 0 radical (unpaired) electrons. The van der Waals surface area contributed by atoms with Crippen molar-refractivity contribution in [1.82, 2.24) is 4.57 Å². The van der Waals surface area contributed by atoms with Gasteiger partial charge in [-0.25, -0.2) is 4.79 Å². The fourth-order valence-corrected chi connectivity index (χ4v) is 3.50. The Labute approximate surface area is 173 Å². The van der Waals surface area contributed by atoms with Crippen molar-refractivity contribution in [2.24, 2.45) is 0 Å². The van der Waals surface area contributed by atoms with E-state index in [2.05, 4.69) is 22.2 Å². The molecule has 3 aromatic rings. The minimum atomic E-state index is -1.52. The van der Waals surface area contributed by atoms with Gasteiger partial charge < -0.3 is 19.7 Å². The molecule has 1 heterocycles. The van der Waals surface area contributed by atoms with E-state index >= 15 is 0 Å². The lowest BCUT2D eigenvalue weighted by atomic mass is 10.1. The highest BCUT2D eigenvalue weighted by molar-refractivity contribution is 6.34. The molecule has 0 amide bonds. The summed E-state index contributed by atoms with van der Waals surface area (Å²) in [6, 6.07) is 13.7. The fourth-order valence-electron chi connectivity index (χ4n) is 3.27. The smallest absolute Gasteiger partial charge is 0.449 e. The third kappa shape index (κ3) is 5.09. The first-order valence-corrected chi connectivity index (χ1v) is 9.92. The summed E-state index contributed by atoms with van der Waals surface area (Å²) in [5, 5.41) is 13.0. The Bertz CT molecular complexity index is 1060. The van der Waals surface area contributed by atoms with Crippen LogP contribution in [-0.2, 0) is 13.0 Å². The van der Waals surface area contributed by atoms with Crippen molar-refractivity contribution in [2.45, 2.75) is 32.7 Å². The molecule has 29 heavy (non-hydrogen) atoms. The molecule has 0 saturated heterocycles. The maximum absolute atomic E-state index is 12.7. The number of benzene rings is 2. The molecule has 0 spiro atoms. The lowest BCUT2D eigenvalue weighted by Crippen LogP contribution is -2.16. The van der Waals surface area contributed by atoms with Crippen LogP contribution in [-0.4, -0.2) is 22.4 Å². The molecule has 152 valence electrons. The zero-order valence-corrected chi connectivity index (χ0v) is 16.9. The van der Waals surface area contributed by atoms with Crippen LogP contribution in [0.4, 0.5) is 10.5 Å². The third-order valence-corrected chi connectivity index (χ3v) is 5.04. The summed E-state index contributed by atoms with van der Waals surface area (Å²) in [4.78, 5) is 23.5. The molecule has 2 aromatic carbocycles. The molecule has 0 aliphatic carbocycles. The summed E-state index contributed by atoms with van der Waals surface area (Å²) in [5.41, 5.74) is 2.11. The average molecular weight is 415 g/mol. The number of fused-ring (bicyclic) bond motifs is 1. The first kappa shape index (κ1) is 20.7. The minimum absolute atomic E-state index is 0.219. The van der Waals surface area contributed by atoms with Crippen molar-refractivity contribution >= 4 is 34.3 Å². The van der Waals surface area contributed by atoms with Crippen molar-refractivity contribution in [3.8, 4) is 5.75 Å². The first-order chi connectivity index (χ1) is 14.0. The van der Waals surface area contributed by atoms with Crippen LogP contribution in [0.15, 0.2) is 53.5 Å². The molecule has 2 N–H and O–H groups in total. The van der Waals surface area contributed by atoms with Gasteiger partial charge in [0, 0.05) is 13.1 Å². The quantitative estimate of drug-likeness (QED) is 0.392. The Morgan fingerprint density at radius 1 is 1.21 bits per heavy atom. The second-order valence-corrected chi connectivity index (χ2v) is 7.10. The van der Waals surface area contributed by atoms with Crippen LogP contribution in [0.2, 0.25) is 5.02 Å². The minimum Gasteiger partial charge on any atom is -0.449 e. The Hall–Kier alpha value is -2.99. The Morgan fingerprint density at radius 3 is 2.66 bits per heavy atom. The van der Waals surface area contributed by atoms with Crippen molar-refractivity contribution in [1.29, 1.82) is 0 Å². The standard InChI is InChI=1S/C22H23ClN2O4/c1-2-25-14-20(29-22(27)28)21(26)16-12-18(17(23)13-19(16)25)24-11-7-6-10-15-8-4-3-5-9-15/h3-5,8-9,12-14,24H,2,6-7,10-11H2,1H3,(H,27,28). The molecular weight excluding hydrogens is 392 g/mol. The van der Waals surface area contributed by atoms with Gasteiger partial charge in [-0.15, -0.1) is 0 Å². The van der Waals surface area contributed by atoms with Crippen LogP contribution in [0.5, 0.6) is 5.75 Å². The highest BCUT2D eigenvalue weighted by Gasteiger charge is 2.15. The number of hydrogen-bond acceptors (Lipinski definition) is 4. The number of carboxylic acid groups (broad SMARTS) is 1. The van der Waals surface area contributed by atoms with Crippen LogP contribution in [0.3, 0.4) is 0 Å². The van der Waals surface area contributed by atoms with Gasteiger partial charge in [-0.05, 0) is 43.9 Å². The number of carbonyl (C=O) groups is 1. The number of unbranched alkanes of at least 4 members (excludes halogenated alkanes) is 1. The predicted molar refractivity (Wildman–Crippen MR) is 115 cm³/mol. The molecule has 3 rings (SSSR count). The van der Waals surface area contributed by atoms with Gasteiger partial charge in [0.1, 0.15) is 0 Å². The lowest BCUT2D eigenvalue weighted by molar-refractivity contribution is 0.144. The van der Waals surface area contributed by atoms with E-state index in [1.807, 2.05) is 25.1 Å². The molecule has 0 atom stereocenters. The Kier molecular flexibility index (Phi) is 6.77. The summed E-state index contributed by atoms with van der Waals surface area (Å²) < 4.78 is 6.39. The second-order valence-electron chi connectivity index (χ2n) is 6.70. The van der Waals surface area contributed by atoms with Gasteiger partial charge in [0.15, 0.2) is 5.75 Å². The number of pyridine rings is 1. The van der Waals surface area contributed by atoms with Crippen molar-refractivity contribution < 1.29 is 14.6 Å². The van der Waals surface area contributed by atoms with Gasteiger partial charge in [0.05, 0.1) is 27.8 Å². The predicted octanol–water partition coefficient (Wildman–Crippen LogP) is 5.17. The van der Waals surface area contributed by atoms with E-state index in [0.717, 1.165) is 19.3 Å². The summed E-state index contributed by atoms with van der Waals surface area (Å²) >= 11 is 6.41. The van der Waals surface area contributed by atoms with Crippen LogP contribution < -0.4 is 15.5 Å². The zero-order chi connectivity index (χ0) is 20.8. The van der Waals surface area contributed by atoms with Gasteiger partial charge in [-0.2, -0.15) is 0 Å². The van der Waals surface area contributed by atoms with Gasteiger partial charge in [-0.1, -0.05) is 41.9 Å².